The first-order valence-electron chi connectivity index (χ1n) is 7.62. The van der Waals surface area contributed by atoms with Gasteiger partial charge < -0.3 is 9.73 Å². The Bertz CT molecular complexity index is 579. The highest BCUT2D eigenvalue weighted by Gasteiger charge is 2.15. The van der Waals surface area contributed by atoms with Crippen molar-refractivity contribution < 1.29 is 9.21 Å². The third-order valence-corrected chi connectivity index (χ3v) is 3.58. The zero-order valence-electron chi connectivity index (χ0n) is 13.6. The maximum atomic E-state index is 12.1. The number of hydrogen-bond donors (Lipinski definition) is 2. The van der Waals surface area contributed by atoms with E-state index in [1.54, 1.807) is 18.4 Å². The molecule has 0 aliphatic rings. The molecule has 0 saturated heterocycles. The van der Waals surface area contributed by atoms with Gasteiger partial charge in [-0.1, -0.05) is 0 Å². The molecule has 0 radical (unpaired) electrons. The maximum Gasteiger partial charge on any atom is 0.271 e. The number of nitrogens with one attached hydrogen (secondary N) is 2. The van der Waals surface area contributed by atoms with Gasteiger partial charge in [-0.05, 0) is 39.8 Å². The molecule has 6 heteroatoms. The van der Waals surface area contributed by atoms with Gasteiger partial charge in [0.15, 0.2) is 11.5 Å². The zero-order valence-corrected chi connectivity index (χ0v) is 13.6. The van der Waals surface area contributed by atoms with Crippen LogP contribution in [0.5, 0.6) is 0 Å². The van der Waals surface area contributed by atoms with Crippen molar-refractivity contribution in [2.24, 2.45) is 0 Å². The van der Waals surface area contributed by atoms with Crippen LogP contribution in [0.3, 0.4) is 0 Å². The summed E-state index contributed by atoms with van der Waals surface area (Å²) < 4.78 is 5.27. The van der Waals surface area contributed by atoms with Crippen molar-refractivity contribution in [2.75, 3.05) is 13.1 Å². The Morgan fingerprint density at radius 2 is 2.09 bits per heavy atom. The standard InChI is InChI=1S/C16H24N4O2/c1-11(2)20(12(3)4)8-7-17-16(21)14-10-13(18-19-14)15-6-5-9-22-15/h5-6,9-12H,7-8H2,1-4H3,(H,17,21)(H,18,19). The molecule has 0 spiro atoms. The highest BCUT2D eigenvalue weighted by Crippen LogP contribution is 2.17. The first kappa shape index (κ1) is 16.3. The quantitative estimate of drug-likeness (QED) is 0.824. The molecule has 2 rings (SSSR count). The van der Waals surface area contributed by atoms with Gasteiger partial charge in [-0.15, -0.1) is 0 Å². The van der Waals surface area contributed by atoms with E-state index in [9.17, 15) is 4.79 Å². The molecule has 2 N–H and O–H groups in total. The maximum absolute atomic E-state index is 12.1. The van der Waals surface area contributed by atoms with Crippen molar-refractivity contribution in [2.45, 2.75) is 39.8 Å². The fourth-order valence-electron chi connectivity index (χ4n) is 2.50. The molecule has 0 saturated carbocycles. The van der Waals surface area contributed by atoms with Crippen LogP contribution < -0.4 is 5.32 Å². The van der Waals surface area contributed by atoms with Crippen LogP contribution in [-0.4, -0.2) is 46.2 Å². The lowest BCUT2D eigenvalue weighted by atomic mass is 10.2. The molecule has 0 aromatic carbocycles. The van der Waals surface area contributed by atoms with Crippen molar-refractivity contribution >= 4 is 5.91 Å². The summed E-state index contributed by atoms with van der Waals surface area (Å²) in [6, 6.07) is 6.21. The molecule has 1 amide bonds. The van der Waals surface area contributed by atoms with Gasteiger partial charge in [-0.25, -0.2) is 0 Å². The summed E-state index contributed by atoms with van der Waals surface area (Å²) >= 11 is 0. The van der Waals surface area contributed by atoms with Crippen molar-refractivity contribution in [3.8, 4) is 11.5 Å². The monoisotopic (exact) mass is 304 g/mol. The predicted octanol–water partition coefficient (Wildman–Crippen LogP) is 2.52. The second-order valence-electron chi connectivity index (χ2n) is 5.83. The number of amides is 1. The largest absolute Gasteiger partial charge is 0.463 e. The third kappa shape index (κ3) is 3.98. The molecule has 0 aliphatic heterocycles. The highest BCUT2D eigenvalue weighted by atomic mass is 16.3. The van der Waals surface area contributed by atoms with Crippen LogP contribution in [0, 0.1) is 0 Å². The van der Waals surface area contributed by atoms with Gasteiger partial charge in [0.2, 0.25) is 0 Å². The number of hydrogen-bond acceptors (Lipinski definition) is 4. The number of aromatic amines is 1. The lowest BCUT2D eigenvalue weighted by Gasteiger charge is -2.30. The fourth-order valence-corrected chi connectivity index (χ4v) is 2.50. The van der Waals surface area contributed by atoms with Crippen LogP contribution in [0.4, 0.5) is 0 Å². The van der Waals surface area contributed by atoms with E-state index in [1.807, 2.05) is 6.07 Å². The minimum Gasteiger partial charge on any atom is -0.463 e. The fraction of sp³-hybridized carbons (Fsp3) is 0.500. The van der Waals surface area contributed by atoms with Crippen LogP contribution in [-0.2, 0) is 0 Å². The molecular formula is C16H24N4O2. The molecule has 6 nitrogen and oxygen atoms in total. The lowest BCUT2D eigenvalue weighted by molar-refractivity contribution is 0.0934. The van der Waals surface area contributed by atoms with E-state index in [4.69, 9.17) is 4.42 Å². The lowest BCUT2D eigenvalue weighted by Crippen LogP contribution is -2.42. The zero-order chi connectivity index (χ0) is 16.1. The first-order chi connectivity index (χ1) is 10.5. The van der Waals surface area contributed by atoms with Gasteiger partial charge in [0.1, 0.15) is 5.69 Å². The summed E-state index contributed by atoms with van der Waals surface area (Å²) in [5, 5.41) is 9.74. The number of aromatic nitrogens is 2. The number of rotatable bonds is 7. The Morgan fingerprint density at radius 1 is 1.36 bits per heavy atom. The minimum atomic E-state index is -0.179. The Hall–Kier alpha value is -2.08. The van der Waals surface area contributed by atoms with Crippen LogP contribution in [0.1, 0.15) is 38.2 Å². The third-order valence-electron chi connectivity index (χ3n) is 3.58. The number of H-pyrrole nitrogens is 1. The van der Waals surface area contributed by atoms with E-state index >= 15 is 0 Å². The predicted molar refractivity (Wildman–Crippen MR) is 85.6 cm³/mol. The Labute approximate surface area is 130 Å². The van der Waals surface area contributed by atoms with Crippen LogP contribution in [0.2, 0.25) is 0 Å². The van der Waals surface area contributed by atoms with Crippen LogP contribution in [0.15, 0.2) is 28.9 Å². The summed E-state index contributed by atoms with van der Waals surface area (Å²) in [5.74, 6) is 0.485. The van der Waals surface area contributed by atoms with Crippen molar-refractivity contribution in [1.29, 1.82) is 0 Å². The SMILES string of the molecule is CC(C)N(CCNC(=O)c1cc(-c2ccco2)[nH]n1)C(C)C. The molecule has 0 fully saturated rings. The van der Waals surface area contributed by atoms with E-state index in [1.165, 1.54) is 0 Å². The smallest absolute Gasteiger partial charge is 0.271 e. The molecule has 0 unspecified atom stereocenters. The van der Waals surface area contributed by atoms with Gasteiger partial charge in [0.25, 0.3) is 5.91 Å². The average molecular weight is 304 g/mol. The molecule has 0 atom stereocenters. The topological polar surface area (TPSA) is 74.2 Å². The normalized spacial score (nSPS) is 11.6. The molecular weight excluding hydrogens is 280 g/mol. The molecule has 0 aliphatic carbocycles. The highest BCUT2D eigenvalue weighted by molar-refractivity contribution is 5.93. The van der Waals surface area contributed by atoms with Gasteiger partial charge in [0.05, 0.1) is 6.26 Å². The summed E-state index contributed by atoms with van der Waals surface area (Å²) in [6.45, 7) is 10.0. The van der Waals surface area contributed by atoms with Crippen molar-refractivity contribution in [3.05, 3.63) is 30.2 Å². The Kier molecular flexibility index (Phi) is 5.38. The Morgan fingerprint density at radius 3 is 2.68 bits per heavy atom. The first-order valence-corrected chi connectivity index (χ1v) is 7.62. The summed E-state index contributed by atoms with van der Waals surface area (Å²) in [6.07, 6.45) is 1.59. The van der Waals surface area contributed by atoms with E-state index in [-0.39, 0.29) is 5.91 Å². The Balaban J connectivity index is 1.88. The van der Waals surface area contributed by atoms with Crippen molar-refractivity contribution in [1.82, 2.24) is 20.4 Å². The van der Waals surface area contributed by atoms with E-state index in [0.29, 0.717) is 35.8 Å². The molecule has 2 aromatic rings. The summed E-state index contributed by atoms with van der Waals surface area (Å²) in [7, 11) is 0. The van der Waals surface area contributed by atoms with Gasteiger partial charge >= 0.3 is 0 Å². The van der Waals surface area contributed by atoms with Crippen LogP contribution in [0.25, 0.3) is 11.5 Å². The molecule has 120 valence electrons. The number of carbonyl (C=O) groups excluding carboxylic acids is 1. The minimum absolute atomic E-state index is 0.179. The van der Waals surface area contributed by atoms with Gasteiger partial charge in [-0.3, -0.25) is 14.8 Å². The average Bonchev–Trinajstić information content (AvgIpc) is 3.11. The molecule has 0 bridgehead atoms. The second-order valence-corrected chi connectivity index (χ2v) is 5.83. The van der Waals surface area contributed by atoms with E-state index < -0.39 is 0 Å². The number of nitrogens with zero attached hydrogens (tertiary/aromatic N) is 2. The number of carbonyl (C=O) groups is 1. The van der Waals surface area contributed by atoms with E-state index in [0.717, 1.165) is 6.54 Å². The molecule has 22 heavy (non-hydrogen) atoms. The molecule has 2 heterocycles. The van der Waals surface area contributed by atoms with E-state index in [2.05, 4.69) is 48.1 Å². The van der Waals surface area contributed by atoms with Gasteiger partial charge in [-0.2, -0.15) is 5.10 Å². The van der Waals surface area contributed by atoms with Gasteiger partial charge in [0, 0.05) is 31.2 Å². The summed E-state index contributed by atoms with van der Waals surface area (Å²) in [5.41, 5.74) is 1.06. The van der Waals surface area contributed by atoms with Crippen LogP contribution >= 0.6 is 0 Å². The molecule has 2 aromatic heterocycles. The van der Waals surface area contributed by atoms with Crippen molar-refractivity contribution in [3.63, 3.8) is 0 Å². The summed E-state index contributed by atoms with van der Waals surface area (Å²) in [4.78, 5) is 14.4. The number of furan rings is 1. The second kappa shape index (κ2) is 7.26.